The molecule has 0 spiro atoms. The highest BCUT2D eigenvalue weighted by atomic mass is 16.5. The maximum Gasteiger partial charge on any atom is 0.194 e. The quantitative estimate of drug-likeness (QED) is 0.721. The van der Waals surface area contributed by atoms with Crippen molar-refractivity contribution in [2.24, 2.45) is 5.92 Å². The molecule has 0 aliphatic heterocycles. The fourth-order valence-corrected chi connectivity index (χ4v) is 2.12. The maximum absolute atomic E-state index is 9.22. The van der Waals surface area contributed by atoms with Gasteiger partial charge in [0.1, 0.15) is 17.5 Å². The summed E-state index contributed by atoms with van der Waals surface area (Å²) >= 11 is 0. The van der Waals surface area contributed by atoms with E-state index >= 15 is 0 Å². The zero-order valence-electron chi connectivity index (χ0n) is 12.9. The molecular formula is C17H16N4O2. The third kappa shape index (κ3) is 3.09. The molecule has 0 atom stereocenters. The number of benzene rings is 1. The molecule has 2 aromatic heterocycles. The van der Waals surface area contributed by atoms with Gasteiger partial charge in [-0.3, -0.25) is 0 Å². The van der Waals surface area contributed by atoms with Gasteiger partial charge in [-0.1, -0.05) is 19.1 Å². The normalized spacial score (nSPS) is 10.7. The summed E-state index contributed by atoms with van der Waals surface area (Å²) < 4.78 is 12.7. The molecule has 6 nitrogen and oxygen atoms in total. The summed E-state index contributed by atoms with van der Waals surface area (Å²) in [7, 11) is 0. The van der Waals surface area contributed by atoms with Gasteiger partial charge in [-0.15, -0.1) is 5.10 Å². The second kappa shape index (κ2) is 6.36. The fourth-order valence-electron chi connectivity index (χ4n) is 2.12. The Kier molecular flexibility index (Phi) is 4.11. The third-order valence-corrected chi connectivity index (χ3v) is 3.20. The van der Waals surface area contributed by atoms with Crippen molar-refractivity contribution in [1.29, 1.82) is 5.26 Å². The third-order valence-electron chi connectivity index (χ3n) is 3.20. The summed E-state index contributed by atoms with van der Waals surface area (Å²) in [5.74, 6) is 1.81. The van der Waals surface area contributed by atoms with Crippen LogP contribution in [0.2, 0.25) is 0 Å². The highest BCUT2D eigenvalue weighted by Gasteiger charge is 2.18. The number of rotatable bonds is 5. The van der Waals surface area contributed by atoms with Crippen LogP contribution in [0.1, 0.15) is 19.5 Å². The van der Waals surface area contributed by atoms with Gasteiger partial charge in [0.25, 0.3) is 0 Å². The number of hydrogen-bond acceptors (Lipinski definition) is 5. The number of aromatic nitrogens is 3. The van der Waals surface area contributed by atoms with Gasteiger partial charge < -0.3 is 9.15 Å². The fraction of sp³-hybridized carbons (Fsp3) is 0.235. The van der Waals surface area contributed by atoms with E-state index in [0.717, 1.165) is 11.4 Å². The Labute approximate surface area is 133 Å². The summed E-state index contributed by atoms with van der Waals surface area (Å²) in [6, 6.07) is 13.1. The monoisotopic (exact) mass is 308 g/mol. The van der Waals surface area contributed by atoms with Crippen molar-refractivity contribution in [3.8, 4) is 29.0 Å². The predicted octanol–water partition coefficient (Wildman–Crippen LogP) is 3.43. The van der Waals surface area contributed by atoms with Crippen molar-refractivity contribution in [1.82, 2.24) is 15.0 Å². The first-order valence-corrected chi connectivity index (χ1v) is 7.32. The lowest BCUT2D eigenvalue weighted by atomic mass is 10.2. The summed E-state index contributed by atoms with van der Waals surface area (Å²) in [5, 5.41) is 17.2. The van der Waals surface area contributed by atoms with E-state index in [-0.39, 0.29) is 5.69 Å². The Hall–Kier alpha value is -3.07. The van der Waals surface area contributed by atoms with Crippen LogP contribution in [0.3, 0.4) is 0 Å². The van der Waals surface area contributed by atoms with Gasteiger partial charge >= 0.3 is 0 Å². The topological polar surface area (TPSA) is 76.9 Å². The number of hydrogen-bond donors (Lipinski definition) is 0. The number of nitrogens with zero attached hydrogens (tertiary/aromatic N) is 4. The molecule has 23 heavy (non-hydrogen) atoms. The van der Waals surface area contributed by atoms with Crippen LogP contribution < -0.4 is 4.74 Å². The minimum absolute atomic E-state index is 0.222. The standard InChI is InChI=1S/C17H16N4O2/c1-12(2)11-23-14-7-5-13(6-8-14)21-17(15(10-18)19-20-21)16-4-3-9-22-16/h3-9,12H,11H2,1-2H3. The van der Waals surface area contributed by atoms with Crippen molar-refractivity contribution >= 4 is 0 Å². The number of ether oxygens (including phenoxy) is 1. The molecule has 0 bridgehead atoms. The average Bonchev–Trinajstić information content (AvgIpc) is 3.21. The predicted molar refractivity (Wildman–Crippen MR) is 84.1 cm³/mol. The minimum Gasteiger partial charge on any atom is -0.493 e. The number of furan rings is 1. The molecule has 1 aromatic carbocycles. The SMILES string of the molecule is CC(C)COc1ccc(-n2nnc(C#N)c2-c2ccco2)cc1. The van der Waals surface area contributed by atoms with E-state index in [4.69, 9.17) is 9.15 Å². The molecule has 3 aromatic rings. The molecule has 0 N–H and O–H groups in total. The van der Waals surface area contributed by atoms with Crippen molar-refractivity contribution in [2.45, 2.75) is 13.8 Å². The summed E-state index contributed by atoms with van der Waals surface area (Å²) in [5.41, 5.74) is 1.54. The van der Waals surface area contributed by atoms with Crippen LogP contribution in [0.4, 0.5) is 0 Å². The van der Waals surface area contributed by atoms with Crippen molar-refractivity contribution in [3.63, 3.8) is 0 Å². The van der Waals surface area contributed by atoms with Crippen LogP contribution in [0.15, 0.2) is 47.1 Å². The molecule has 0 aliphatic carbocycles. The van der Waals surface area contributed by atoms with E-state index in [0.29, 0.717) is 24.0 Å². The average molecular weight is 308 g/mol. The molecular weight excluding hydrogens is 292 g/mol. The van der Waals surface area contributed by atoms with Crippen molar-refractivity contribution in [3.05, 3.63) is 48.4 Å². The Bertz CT molecular complexity index is 811. The molecule has 6 heteroatoms. The Balaban J connectivity index is 1.94. The summed E-state index contributed by atoms with van der Waals surface area (Å²) in [6.45, 7) is 4.87. The minimum atomic E-state index is 0.222. The molecule has 2 heterocycles. The molecule has 116 valence electrons. The maximum atomic E-state index is 9.22. The van der Waals surface area contributed by atoms with Crippen LogP contribution in [0.25, 0.3) is 17.1 Å². The molecule has 3 rings (SSSR count). The molecule has 0 saturated carbocycles. The van der Waals surface area contributed by atoms with Gasteiger partial charge in [0, 0.05) is 0 Å². The van der Waals surface area contributed by atoms with Crippen LogP contribution in [0, 0.1) is 17.2 Å². The Morgan fingerprint density at radius 1 is 1.26 bits per heavy atom. The molecule has 0 unspecified atom stereocenters. The van der Waals surface area contributed by atoms with E-state index in [1.807, 2.05) is 30.3 Å². The lowest BCUT2D eigenvalue weighted by Gasteiger charge is -2.09. The molecule has 0 fully saturated rings. The summed E-state index contributed by atoms with van der Waals surface area (Å²) in [6.07, 6.45) is 1.55. The van der Waals surface area contributed by atoms with Crippen molar-refractivity contribution < 1.29 is 9.15 Å². The zero-order chi connectivity index (χ0) is 16.2. The Morgan fingerprint density at radius 3 is 2.65 bits per heavy atom. The molecule has 0 amide bonds. The van der Waals surface area contributed by atoms with Gasteiger partial charge in [0.05, 0.1) is 18.6 Å². The molecule has 0 radical (unpaired) electrons. The van der Waals surface area contributed by atoms with E-state index in [9.17, 15) is 5.26 Å². The van der Waals surface area contributed by atoms with Gasteiger partial charge in [0.2, 0.25) is 0 Å². The second-order valence-electron chi connectivity index (χ2n) is 5.49. The van der Waals surface area contributed by atoms with Crippen LogP contribution in [-0.4, -0.2) is 21.6 Å². The van der Waals surface area contributed by atoms with Gasteiger partial charge in [0.15, 0.2) is 11.5 Å². The smallest absolute Gasteiger partial charge is 0.194 e. The van der Waals surface area contributed by atoms with Gasteiger partial charge in [-0.2, -0.15) is 5.26 Å². The first kappa shape index (κ1) is 14.9. The first-order chi connectivity index (χ1) is 11.2. The summed E-state index contributed by atoms with van der Waals surface area (Å²) in [4.78, 5) is 0. The highest BCUT2D eigenvalue weighted by Crippen LogP contribution is 2.26. The second-order valence-corrected chi connectivity index (χ2v) is 5.49. The van der Waals surface area contributed by atoms with E-state index < -0.39 is 0 Å². The van der Waals surface area contributed by atoms with Crippen molar-refractivity contribution in [2.75, 3.05) is 6.61 Å². The largest absolute Gasteiger partial charge is 0.493 e. The lowest BCUT2D eigenvalue weighted by molar-refractivity contribution is 0.271. The van der Waals surface area contributed by atoms with E-state index in [2.05, 4.69) is 24.2 Å². The van der Waals surface area contributed by atoms with E-state index in [1.54, 1.807) is 23.1 Å². The lowest BCUT2D eigenvalue weighted by Crippen LogP contribution is -2.05. The van der Waals surface area contributed by atoms with Gasteiger partial charge in [-0.25, -0.2) is 4.68 Å². The van der Waals surface area contributed by atoms with Gasteiger partial charge in [-0.05, 0) is 42.3 Å². The highest BCUT2D eigenvalue weighted by molar-refractivity contribution is 5.62. The first-order valence-electron chi connectivity index (χ1n) is 7.32. The van der Waals surface area contributed by atoms with E-state index in [1.165, 1.54) is 0 Å². The van der Waals surface area contributed by atoms with Crippen LogP contribution in [0.5, 0.6) is 5.75 Å². The molecule has 0 aliphatic rings. The zero-order valence-corrected chi connectivity index (χ0v) is 12.9. The Morgan fingerprint density at radius 2 is 2.04 bits per heavy atom. The van der Waals surface area contributed by atoms with Crippen LogP contribution >= 0.6 is 0 Å². The van der Waals surface area contributed by atoms with Crippen LogP contribution in [-0.2, 0) is 0 Å². The molecule has 0 saturated heterocycles. The number of nitriles is 1.